The van der Waals surface area contributed by atoms with Gasteiger partial charge in [-0.25, -0.2) is 0 Å². The Morgan fingerprint density at radius 2 is 1.50 bits per heavy atom. The molecule has 0 heterocycles. The van der Waals surface area contributed by atoms with Gasteiger partial charge in [0, 0.05) is 0 Å². The molecule has 0 saturated heterocycles. The summed E-state index contributed by atoms with van der Waals surface area (Å²) in [7, 11) is -5.17. The monoisotopic (exact) mass is 108 g/mol. The van der Waals surface area contributed by atoms with Crippen LogP contribution in [0.1, 0.15) is 0 Å². The first-order chi connectivity index (χ1) is 2.00. The molecule has 0 radical (unpaired) electrons. The molecule has 0 spiro atoms. The van der Waals surface area contributed by atoms with Crippen LogP contribution in [0, 0.1) is 0 Å². The van der Waals surface area contributed by atoms with Gasteiger partial charge in [0.2, 0.25) is 0 Å². The first-order valence-electron chi connectivity index (χ1n) is 0.670. The topological polar surface area (TPSA) is 54.4 Å². The third-order valence-corrected chi connectivity index (χ3v) is 0. The summed E-state index contributed by atoms with van der Waals surface area (Å²) in [6.45, 7) is 0. The molecule has 0 aromatic rings. The van der Waals surface area contributed by atoms with Crippen LogP contribution in [0.4, 0.5) is 3.89 Å². The van der Waals surface area contributed by atoms with Gasteiger partial charge in [-0.2, -0.15) is 8.42 Å². The summed E-state index contributed by atoms with van der Waals surface area (Å²) in [5.41, 5.74) is 0. The van der Waals surface area contributed by atoms with E-state index in [2.05, 4.69) is 0 Å². The van der Waals surface area contributed by atoms with Crippen LogP contribution in [0.5, 0.6) is 0 Å². The zero-order valence-electron chi connectivity index (χ0n) is 2.05. The van der Waals surface area contributed by atoms with Crippen LogP contribution in [-0.2, 0) is 10.5 Å². The van der Waals surface area contributed by atoms with Crippen LogP contribution >= 0.6 is 0 Å². The van der Waals surface area contributed by atoms with Crippen LogP contribution in [-0.4, -0.2) is 31.8 Å². The zero-order valence-corrected chi connectivity index (χ0v) is 2.87. The number of rotatable bonds is 0. The Labute approximate surface area is 46.8 Å². The molecular weight excluding hydrogens is 106 g/mol. The molecular formula is H2FLiO3S. The van der Waals surface area contributed by atoms with E-state index in [0.717, 1.165) is 0 Å². The summed E-state index contributed by atoms with van der Waals surface area (Å²) in [6, 6.07) is 0. The average Bonchev–Trinajstić information content (AvgIpc) is 0.722. The second-order valence-corrected chi connectivity index (χ2v) is 1.24. The van der Waals surface area contributed by atoms with Crippen molar-refractivity contribution in [2.75, 3.05) is 0 Å². The fourth-order valence-electron chi connectivity index (χ4n) is 0. The molecule has 1 N–H and O–H groups in total. The fourth-order valence-corrected chi connectivity index (χ4v) is 0. The molecule has 0 aliphatic carbocycles. The average molecular weight is 108 g/mol. The van der Waals surface area contributed by atoms with Crippen LogP contribution < -0.4 is 0 Å². The minimum atomic E-state index is -5.17. The van der Waals surface area contributed by atoms with Crippen molar-refractivity contribution in [1.29, 1.82) is 0 Å². The summed E-state index contributed by atoms with van der Waals surface area (Å²) >= 11 is 0. The van der Waals surface area contributed by atoms with E-state index in [-0.39, 0.29) is 18.9 Å². The van der Waals surface area contributed by atoms with Gasteiger partial charge in [0.15, 0.2) is 0 Å². The van der Waals surface area contributed by atoms with E-state index >= 15 is 0 Å². The molecule has 0 aromatic carbocycles. The SMILES string of the molecule is O=S(=O)(O)F.[LiH]. The molecule has 0 aromatic heterocycles. The summed E-state index contributed by atoms with van der Waals surface area (Å²) in [5, 5.41) is 0. The maximum atomic E-state index is 10.2. The third kappa shape index (κ3) is 274. The van der Waals surface area contributed by atoms with Crippen LogP contribution in [0.3, 0.4) is 0 Å². The Hall–Kier alpha value is 0.437. The molecule has 34 valence electrons. The van der Waals surface area contributed by atoms with E-state index in [4.69, 9.17) is 13.0 Å². The van der Waals surface area contributed by atoms with Gasteiger partial charge in [0.05, 0.1) is 0 Å². The van der Waals surface area contributed by atoms with Crippen molar-refractivity contribution in [3.8, 4) is 0 Å². The molecule has 0 fully saturated rings. The Morgan fingerprint density at radius 3 is 1.50 bits per heavy atom. The Kier molecular flexibility index (Phi) is 4.16. The normalized spacial score (nSPS) is 9.67. The maximum absolute atomic E-state index is 10.2. The van der Waals surface area contributed by atoms with Crippen molar-refractivity contribution >= 4 is 29.4 Å². The second-order valence-electron chi connectivity index (χ2n) is 0.412. The molecule has 6 heteroatoms. The van der Waals surface area contributed by atoms with E-state index in [1.165, 1.54) is 0 Å². The molecule has 0 amide bonds. The number of hydrogen-bond donors (Lipinski definition) is 1. The molecule has 0 aliphatic heterocycles. The van der Waals surface area contributed by atoms with E-state index in [0.29, 0.717) is 0 Å². The number of halogens is 1. The van der Waals surface area contributed by atoms with Crippen molar-refractivity contribution in [2.24, 2.45) is 0 Å². The van der Waals surface area contributed by atoms with Gasteiger partial charge in [0.25, 0.3) is 0 Å². The zero-order chi connectivity index (χ0) is 4.50. The van der Waals surface area contributed by atoms with Crippen molar-refractivity contribution in [3.63, 3.8) is 0 Å². The van der Waals surface area contributed by atoms with E-state index in [1.807, 2.05) is 0 Å². The van der Waals surface area contributed by atoms with Gasteiger partial charge in [-0.1, -0.05) is 3.89 Å². The van der Waals surface area contributed by atoms with E-state index in [9.17, 15) is 3.89 Å². The summed E-state index contributed by atoms with van der Waals surface area (Å²) in [6.07, 6.45) is 0. The van der Waals surface area contributed by atoms with Gasteiger partial charge in [-0.3, -0.25) is 4.55 Å². The van der Waals surface area contributed by atoms with Crippen molar-refractivity contribution in [2.45, 2.75) is 0 Å². The minimum absolute atomic E-state index is 0. The standard InChI is InChI=1S/FHO3S.Li.H/c1-5(2,3)4;;/h(H,2,3,4);;. The first kappa shape index (κ1) is 9.67. The summed E-state index contributed by atoms with van der Waals surface area (Å²) in [4.78, 5) is 0. The molecule has 0 rings (SSSR count). The van der Waals surface area contributed by atoms with Gasteiger partial charge in [0.1, 0.15) is 0 Å². The van der Waals surface area contributed by atoms with Crippen LogP contribution in [0.2, 0.25) is 0 Å². The number of hydrogen-bond acceptors (Lipinski definition) is 2. The van der Waals surface area contributed by atoms with Gasteiger partial charge < -0.3 is 0 Å². The second kappa shape index (κ2) is 2.58. The summed E-state index contributed by atoms with van der Waals surface area (Å²) < 4.78 is 34.1. The molecule has 0 unspecified atom stereocenters. The van der Waals surface area contributed by atoms with E-state index < -0.39 is 10.5 Å². The van der Waals surface area contributed by atoms with Crippen LogP contribution in [0.15, 0.2) is 0 Å². The van der Waals surface area contributed by atoms with Crippen molar-refractivity contribution in [3.05, 3.63) is 0 Å². The quantitative estimate of drug-likeness (QED) is 0.249. The van der Waals surface area contributed by atoms with Gasteiger partial charge >= 0.3 is 29.4 Å². The molecule has 0 saturated carbocycles. The predicted octanol–water partition coefficient (Wildman–Crippen LogP) is -0.890. The fraction of sp³-hybridized carbons (Fsp3) is 0. The molecule has 0 bridgehead atoms. The Bertz CT molecular complexity index is 94.0. The van der Waals surface area contributed by atoms with E-state index in [1.54, 1.807) is 0 Å². The summed E-state index contributed by atoms with van der Waals surface area (Å²) in [5.74, 6) is 0. The third-order valence-electron chi connectivity index (χ3n) is 0. The molecule has 0 aliphatic rings. The van der Waals surface area contributed by atoms with Gasteiger partial charge in [-0.05, 0) is 0 Å². The van der Waals surface area contributed by atoms with Gasteiger partial charge in [-0.15, -0.1) is 0 Å². The first-order valence-corrected chi connectivity index (χ1v) is 2.01. The molecule has 0 atom stereocenters. The Balaban J connectivity index is 0. The Morgan fingerprint density at radius 1 is 1.50 bits per heavy atom. The van der Waals surface area contributed by atoms with Crippen molar-refractivity contribution in [1.82, 2.24) is 0 Å². The molecule has 3 nitrogen and oxygen atoms in total. The van der Waals surface area contributed by atoms with Crippen molar-refractivity contribution < 1.29 is 16.9 Å². The predicted molar refractivity (Wildman–Crippen MR) is 19.8 cm³/mol. The molecule has 6 heavy (non-hydrogen) atoms. The van der Waals surface area contributed by atoms with Crippen LogP contribution in [0.25, 0.3) is 0 Å².